The number of nitrogens with one attached hydrogen (secondary N) is 1. The number of hydrogen-bond donors (Lipinski definition) is 1. The summed E-state index contributed by atoms with van der Waals surface area (Å²) in [6.45, 7) is 3.04. The van der Waals surface area contributed by atoms with E-state index in [1.54, 1.807) is 0 Å². The first-order valence-electron chi connectivity index (χ1n) is 3.51. The average molecular weight is 127 g/mol. The van der Waals surface area contributed by atoms with Gasteiger partial charge in [-0.25, -0.2) is 0 Å². The average Bonchev–Trinajstić information content (AvgIpc) is 2.63. The molecule has 1 rings (SSSR count). The highest BCUT2D eigenvalue weighted by Gasteiger charge is 2.27. The zero-order valence-electron chi connectivity index (χ0n) is 5.76. The smallest absolute Gasteiger partial charge is 0.207 e. The molecule has 0 aromatic rings. The van der Waals surface area contributed by atoms with Gasteiger partial charge >= 0.3 is 0 Å². The SMILES string of the molecule is CC(CNC=O)C1CC1. The van der Waals surface area contributed by atoms with Crippen molar-refractivity contribution in [3.05, 3.63) is 0 Å². The summed E-state index contributed by atoms with van der Waals surface area (Å²) in [4.78, 5) is 9.84. The molecular formula is C7H13NO. The van der Waals surface area contributed by atoms with E-state index in [0.717, 1.165) is 18.9 Å². The minimum absolute atomic E-state index is 0.690. The van der Waals surface area contributed by atoms with Crippen molar-refractivity contribution in [3.8, 4) is 0 Å². The van der Waals surface area contributed by atoms with Crippen LogP contribution in [-0.2, 0) is 4.79 Å². The van der Waals surface area contributed by atoms with Gasteiger partial charge in [0.2, 0.25) is 6.41 Å². The predicted molar refractivity (Wildman–Crippen MR) is 36.0 cm³/mol. The zero-order chi connectivity index (χ0) is 6.69. The lowest BCUT2D eigenvalue weighted by atomic mass is 10.1. The van der Waals surface area contributed by atoms with Gasteiger partial charge in [0.05, 0.1) is 0 Å². The van der Waals surface area contributed by atoms with E-state index in [-0.39, 0.29) is 0 Å². The van der Waals surface area contributed by atoms with Crippen molar-refractivity contribution in [1.29, 1.82) is 0 Å². The molecule has 9 heavy (non-hydrogen) atoms. The molecule has 1 fully saturated rings. The van der Waals surface area contributed by atoms with Crippen LogP contribution < -0.4 is 5.32 Å². The lowest BCUT2D eigenvalue weighted by molar-refractivity contribution is -0.109. The Kier molecular flexibility index (Phi) is 2.09. The maximum Gasteiger partial charge on any atom is 0.207 e. The Hall–Kier alpha value is -0.530. The third-order valence-corrected chi connectivity index (χ3v) is 1.95. The Balaban J connectivity index is 2.02. The maximum atomic E-state index is 9.84. The van der Waals surface area contributed by atoms with Crippen LogP contribution in [0.4, 0.5) is 0 Å². The van der Waals surface area contributed by atoms with Crippen LogP contribution in [0.25, 0.3) is 0 Å². The number of hydrogen-bond acceptors (Lipinski definition) is 1. The first kappa shape index (κ1) is 6.59. The molecule has 1 atom stereocenters. The molecule has 1 saturated carbocycles. The summed E-state index contributed by atoms with van der Waals surface area (Å²) in [6, 6.07) is 0. The first-order valence-corrected chi connectivity index (χ1v) is 3.51. The molecule has 0 spiro atoms. The lowest BCUT2D eigenvalue weighted by Crippen LogP contribution is -2.20. The molecule has 52 valence electrons. The topological polar surface area (TPSA) is 29.1 Å². The van der Waals surface area contributed by atoms with Gasteiger partial charge in [-0.15, -0.1) is 0 Å². The van der Waals surface area contributed by atoms with E-state index in [4.69, 9.17) is 0 Å². The van der Waals surface area contributed by atoms with E-state index in [9.17, 15) is 4.79 Å². The fourth-order valence-corrected chi connectivity index (χ4v) is 1.07. The fraction of sp³-hybridized carbons (Fsp3) is 0.857. The van der Waals surface area contributed by atoms with Crippen LogP contribution in [-0.4, -0.2) is 13.0 Å². The van der Waals surface area contributed by atoms with Crippen molar-refractivity contribution in [1.82, 2.24) is 5.32 Å². The van der Waals surface area contributed by atoms with Gasteiger partial charge < -0.3 is 5.32 Å². The molecule has 1 aliphatic carbocycles. The highest BCUT2D eigenvalue weighted by atomic mass is 16.1. The Morgan fingerprint density at radius 1 is 1.78 bits per heavy atom. The maximum absolute atomic E-state index is 9.84. The normalized spacial score (nSPS) is 21.0. The fourth-order valence-electron chi connectivity index (χ4n) is 1.07. The number of amides is 1. The monoisotopic (exact) mass is 127 g/mol. The molecule has 1 unspecified atom stereocenters. The van der Waals surface area contributed by atoms with Crippen molar-refractivity contribution >= 4 is 6.41 Å². The summed E-state index contributed by atoms with van der Waals surface area (Å²) in [7, 11) is 0. The van der Waals surface area contributed by atoms with Crippen molar-refractivity contribution in [2.45, 2.75) is 19.8 Å². The van der Waals surface area contributed by atoms with Gasteiger partial charge in [-0.3, -0.25) is 4.79 Å². The van der Waals surface area contributed by atoms with E-state index in [2.05, 4.69) is 12.2 Å². The Labute approximate surface area is 55.6 Å². The van der Waals surface area contributed by atoms with Gasteiger partial charge in [-0.2, -0.15) is 0 Å². The lowest BCUT2D eigenvalue weighted by Gasteiger charge is -2.06. The van der Waals surface area contributed by atoms with Crippen LogP contribution in [0.15, 0.2) is 0 Å². The van der Waals surface area contributed by atoms with E-state index >= 15 is 0 Å². The van der Waals surface area contributed by atoms with Gasteiger partial charge in [0.1, 0.15) is 0 Å². The summed E-state index contributed by atoms with van der Waals surface area (Å²) < 4.78 is 0. The number of carbonyl (C=O) groups excluding carboxylic acids is 1. The second-order valence-electron chi connectivity index (χ2n) is 2.84. The molecule has 0 radical (unpaired) electrons. The van der Waals surface area contributed by atoms with Crippen LogP contribution in [0.3, 0.4) is 0 Å². The van der Waals surface area contributed by atoms with Crippen molar-refractivity contribution in [2.24, 2.45) is 11.8 Å². The van der Waals surface area contributed by atoms with Crippen LogP contribution >= 0.6 is 0 Å². The van der Waals surface area contributed by atoms with E-state index < -0.39 is 0 Å². The summed E-state index contributed by atoms with van der Waals surface area (Å²) in [5.74, 6) is 1.59. The Bertz CT molecular complexity index is 99.1. The van der Waals surface area contributed by atoms with Crippen molar-refractivity contribution in [2.75, 3.05) is 6.54 Å². The molecule has 1 aliphatic rings. The molecule has 0 heterocycles. The molecule has 0 bridgehead atoms. The van der Waals surface area contributed by atoms with E-state index in [1.807, 2.05) is 0 Å². The van der Waals surface area contributed by atoms with Crippen molar-refractivity contribution < 1.29 is 4.79 Å². The summed E-state index contributed by atoms with van der Waals surface area (Å²) in [5.41, 5.74) is 0. The molecule has 2 heteroatoms. The second kappa shape index (κ2) is 2.85. The van der Waals surface area contributed by atoms with E-state index in [0.29, 0.717) is 5.92 Å². The largest absolute Gasteiger partial charge is 0.358 e. The van der Waals surface area contributed by atoms with Gasteiger partial charge in [0.15, 0.2) is 0 Å². The van der Waals surface area contributed by atoms with Crippen LogP contribution in [0, 0.1) is 11.8 Å². The molecule has 0 aromatic heterocycles. The molecule has 1 N–H and O–H groups in total. The molecular weight excluding hydrogens is 114 g/mol. The van der Waals surface area contributed by atoms with Crippen LogP contribution in [0.5, 0.6) is 0 Å². The first-order chi connectivity index (χ1) is 4.34. The molecule has 2 nitrogen and oxygen atoms in total. The highest BCUT2D eigenvalue weighted by molar-refractivity contribution is 5.45. The third-order valence-electron chi connectivity index (χ3n) is 1.95. The molecule has 1 amide bonds. The molecule has 0 aliphatic heterocycles. The quantitative estimate of drug-likeness (QED) is 0.555. The summed E-state index contributed by atoms with van der Waals surface area (Å²) in [6.07, 6.45) is 3.50. The third kappa shape index (κ3) is 2.04. The number of rotatable bonds is 4. The molecule has 0 aromatic carbocycles. The Morgan fingerprint density at radius 3 is 2.89 bits per heavy atom. The minimum Gasteiger partial charge on any atom is -0.358 e. The highest BCUT2D eigenvalue weighted by Crippen LogP contribution is 2.35. The number of carbonyl (C=O) groups is 1. The van der Waals surface area contributed by atoms with Crippen LogP contribution in [0.2, 0.25) is 0 Å². The summed E-state index contributed by atoms with van der Waals surface area (Å²) in [5, 5.41) is 2.69. The standard InChI is InChI=1S/C7H13NO/c1-6(4-8-5-9)7-2-3-7/h5-7H,2-4H2,1H3,(H,8,9). The molecule has 0 saturated heterocycles. The van der Waals surface area contributed by atoms with Gasteiger partial charge in [0, 0.05) is 6.54 Å². The Morgan fingerprint density at radius 2 is 2.44 bits per heavy atom. The summed E-state index contributed by atoms with van der Waals surface area (Å²) >= 11 is 0. The minimum atomic E-state index is 0.690. The van der Waals surface area contributed by atoms with Crippen molar-refractivity contribution in [3.63, 3.8) is 0 Å². The van der Waals surface area contributed by atoms with Gasteiger partial charge in [-0.05, 0) is 24.7 Å². The zero-order valence-corrected chi connectivity index (χ0v) is 5.76. The van der Waals surface area contributed by atoms with Gasteiger partial charge in [-0.1, -0.05) is 6.92 Å². The van der Waals surface area contributed by atoms with Crippen LogP contribution in [0.1, 0.15) is 19.8 Å². The second-order valence-corrected chi connectivity index (χ2v) is 2.84. The van der Waals surface area contributed by atoms with Gasteiger partial charge in [0.25, 0.3) is 0 Å². The predicted octanol–water partition coefficient (Wildman–Crippen LogP) is 0.778. The van der Waals surface area contributed by atoms with E-state index in [1.165, 1.54) is 12.8 Å².